The number of rotatable bonds is 75. The van der Waals surface area contributed by atoms with Crippen molar-refractivity contribution in [3.63, 3.8) is 0 Å². The van der Waals surface area contributed by atoms with Gasteiger partial charge in [0.25, 0.3) is 0 Å². The number of esters is 4. The van der Waals surface area contributed by atoms with Crippen molar-refractivity contribution >= 4 is 39.5 Å². The van der Waals surface area contributed by atoms with Gasteiger partial charge in [0.05, 0.1) is 26.4 Å². The van der Waals surface area contributed by atoms with Gasteiger partial charge in [-0.15, -0.1) is 0 Å². The van der Waals surface area contributed by atoms with E-state index in [9.17, 15) is 43.2 Å². The van der Waals surface area contributed by atoms with Crippen LogP contribution >= 0.6 is 15.6 Å². The first-order valence-electron chi connectivity index (χ1n) is 40.4. The van der Waals surface area contributed by atoms with E-state index in [2.05, 4.69) is 161 Å². The van der Waals surface area contributed by atoms with Gasteiger partial charge in [0, 0.05) is 25.7 Å². The zero-order valence-electron chi connectivity index (χ0n) is 65.2. The zero-order valence-corrected chi connectivity index (χ0v) is 66.9. The van der Waals surface area contributed by atoms with Crippen LogP contribution in [0.25, 0.3) is 0 Å². The van der Waals surface area contributed by atoms with E-state index in [0.717, 1.165) is 186 Å². The summed E-state index contributed by atoms with van der Waals surface area (Å²) in [5.41, 5.74) is 0. The molecule has 3 N–H and O–H groups in total. The first kappa shape index (κ1) is 99.2. The van der Waals surface area contributed by atoms with Gasteiger partial charge in [-0.05, 0) is 161 Å². The zero-order chi connectivity index (χ0) is 76.0. The Bertz CT molecular complexity index is 2490. The molecule has 596 valence electrons. The van der Waals surface area contributed by atoms with Crippen molar-refractivity contribution in [3.8, 4) is 0 Å². The maximum Gasteiger partial charge on any atom is 0.472 e. The molecule has 0 aliphatic carbocycles. The Balaban J connectivity index is 5.44. The molecule has 0 heterocycles. The fourth-order valence-electron chi connectivity index (χ4n) is 10.5. The van der Waals surface area contributed by atoms with Crippen molar-refractivity contribution in [1.29, 1.82) is 0 Å². The van der Waals surface area contributed by atoms with Crippen molar-refractivity contribution in [3.05, 3.63) is 134 Å². The SMILES string of the molecule is CC/C=C\C/C=C\C/C=C\C/C=C\CCCCCCC(=O)OCC(COP(=O)(O)OCC(O)COP(=O)(O)OCC(COC(=O)CCCCCCC/C=C\C/C=C\CCCCC)OC(=O)CCCCCCC/C=C\CCCCCCCC)OC(=O)CCCCCC/C=C\C/C=C\C/C=C\C/C=C\CC. The predicted molar refractivity (Wildman–Crippen MR) is 427 cm³/mol. The van der Waals surface area contributed by atoms with E-state index in [4.69, 9.17) is 37.0 Å². The summed E-state index contributed by atoms with van der Waals surface area (Å²) in [6.45, 7) is 4.55. The van der Waals surface area contributed by atoms with Gasteiger partial charge in [-0.3, -0.25) is 37.3 Å². The van der Waals surface area contributed by atoms with E-state index >= 15 is 0 Å². The van der Waals surface area contributed by atoms with Gasteiger partial charge in [0.2, 0.25) is 0 Å². The summed E-state index contributed by atoms with van der Waals surface area (Å²) in [6, 6.07) is 0. The monoisotopic (exact) mass is 1500 g/mol. The second-order valence-corrected chi connectivity index (χ2v) is 29.5. The van der Waals surface area contributed by atoms with Gasteiger partial charge < -0.3 is 33.8 Å². The highest BCUT2D eigenvalue weighted by molar-refractivity contribution is 7.47. The molecule has 5 atom stereocenters. The molecule has 19 heteroatoms. The number of ether oxygens (including phenoxy) is 4. The minimum Gasteiger partial charge on any atom is -0.462 e. The van der Waals surface area contributed by atoms with Gasteiger partial charge in [-0.25, -0.2) is 9.13 Å². The summed E-state index contributed by atoms with van der Waals surface area (Å²) in [6.07, 6.45) is 85.6. The molecule has 0 fully saturated rings. The molecule has 0 aromatic carbocycles. The molecular formula is C85H144O17P2. The average Bonchev–Trinajstić information content (AvgIpc) is 0.926. The molecule has 0 saturated carbocycles. The maximum atomic E-state index is 13.1. The molecule has 0 rings (SSSR count). The lowest BCUT2D eigenvalue weighted by Gasteiger charge is -2.21. The number of carbonyl (C=O) groups excluding carboxylic acids is 4. The number of hydrogen-bond donors (Lipinski definition) is 3. The third kappa shape index (κ3) is 75.4. The Morgan fingerprint density at radius 3 is 0.798 bits per heavy atom. The topological polar surface area (TPSA) is 237 Å². The molecular weight excluding hydrogens is 1350 g/mol. The first-order chi connectivity index (χ1) is 50.7. The van der Waals surface area contributed by atoms with E-state index in [1.54, 1.807) is 0 Å². The van der Waals surface area contributed by atoms with Gasteiger partial charge in [0.1, 0.15) is 19.3 Å². The number of phosphoric acid groups is 2. The largest absolute Gasteiger partial charge is 0.472 e. The van der Waals surface area contributed by atoms with Crippen molar-refractivity contribution in [2.75, 3.05) is 39.6 Å². The third-order valence-corrected chi connectivity index (χ3v) is 18.5. The van der Waals surface area contributed by atoms with Crippen LogP contribution in [0, 0.1) is 0 Å². The average molecular weight is 1500 g/mol. The van der Waals surface area contributed by atoms with Crippen LogP contribution < -0.4 is 0 Å². The number of aliphatic hydroxyl groups excluding tert-OH is 1. The molecule has 0 bridgehead atoms. The lowest BCUT2D eigenvalue weighted by molar-refractivity contribution is -0.161. The fourth-order valence-corrected chi connectivity index (χ4v) is 12.0. The Hall–Kier alpha value is -4.80. The second-order valence-electron chi connectivity index (χ2n) is 26.6. The van der Waals surface area contributed by atoms with Gasteiger partial charge in [-0.1, -0.05) is 271 Å². The number of unbranched alkanes of at least 4 members (excludes halogenated alkanes) is 27. The summed E-state index contributed by atoms with van der Waals surface area (Å²) in [5.74, 6) is -2.25. The standard InChI is InChI=1S/C85H144O17P2/c1-5-9-13-17-21-25-29-33-37-39-43-46-50-54-58-62-66-70-83(88)96-76-81(102-85(90)72-68-64-60-56-52-48-44-40-38-34-30-26-22-18-14-10-6-2)78-100-104(93,94)98-74-79(86)73-97-103(91,92)99-77-80(101-84(89)71-67-63-59-55-51-47-42-36-32-28-24-20-16-12-8-4)75-95-82(87)69-65-61-57-53-49-45-41-35-31-27-23-19-15-11-7-3/h9-10,13-14,21-23,25-27,33-38,41-44,46,48,79-81,86H,5-8,11-12,15-20,24,28-32,39-40,45,47,49-78H2,1-4H3,(H,91,92)(H,93,94)/b13-9-,14-10-,25-21-,26-22-,27-23-,37-33-,38-34-,41-35-,42-36-,46-43-,48-44-. The molecule has 0 amide bonds. The van der Waals surface area contributed by atoms with Crippen LogP contribution in [0.5, 0.6) is 0 Å². The number of hydrogen-bond acceptors (Lipinski definition) is 15. The quantitative estimate of drug-likeness (QED) is 0.0169. The number of aliphatic hydroxyl groups is 1. The molecule has 0 aromatic heterocycles. The Kier molecular flexibility index (Phi) is 72.9. The van der Waals surface area contributed by atoms with E-state index < -0.39 is 97.5 Å². The van der Waals surface area contributed by atoms with E-state index in [-0.39, 0.29) is 25.7 Å². The van der Waals surface area contributed by atoms with Crippen molar-refractivity contribution in [2.45, 2.75) is 341 Å². The molecule has 0 aliphatic rings. The molecule has 0 saturated heterocycles. The molecule has 5 unspecified atom stereocenters. The van der Waals surface area contributed by atoms with Crippen molar-refractivity contribution in [1.82, 2.24) is 0 Å². The summed E-state index contributed by atoms with van der Waals surface area (Å²) in [7, 11) is -9.98. The second kappa shape index (κ2) is 76.4. The molecule has 0 radical (unpaired) electrons. The lowest BCUT2D eigenvalue weighted by atomic mass is 10.1. The molecule has 0 aromatic rings. The fraction of sp³-hybridized carbons (Fsp3) is 0.694. The molecule has 17 nitrogen and oxygen atoms in total. The van der Waals surface area contributed by atoms with Crippen LogP contribution in [-0.2, 0) is 65.4 Å². The van der Waals surface area contributed by atoms with E-state index in [0.29, 0.717) is 25.7 Å². The Morgan fingerprint density at radius 1 is 0.279 bits per heavy atom. The van der Waals surface area contributed by atoms with Crippen molar-refractivity contribution < 1.29 is 80.2 Å². The first-order valence-corrected chi connectivity index (χ1v) is 43.4. The van der Waals surface area contributed by atoms with Gasteiger partial charge >= 0.3 is 39.5 Å². The summed E-state index contributed by atoms with van der Waals surface area (Å²) in [5, 5.41) is 10.6. The lowest BCUT2D eigenvalue weighted by Crippen LogP contribution is -2.30. The van der Waals surface area contributed by atoms with Crippen LogP contribution in [0.3, 0.4) is 0 Å². The Labute approximate surface area is 631 Å². The summed E-state index contributed by atoms with van der Waals surface area (Å²) in [4.78, 5) is 73.1. The third-order valence-electron chi connectivity index (χ3n) is 16.6. The van der Waals surface area contributed by atoms with Crippen LogP contribution in [0.15, 0.2) is 134 Å². The van der Waals surface area contributed by atoms with E-state index in [1.807, 2.05) is 0 Å². The van der Waals surface area contributed by atoms with Crippen LogP contribution in [0.2, 0.25) is 0 Å². The number of carbonyl (C=O) groups is 4. The highest BCUT2D eigenvalue weighted by Gasteiger charge is 2.30. The number of allylic oxidation sites excluding steroid dienone is 22. The van der Waals surface area contributed by atoms with Gasteiger partial charge in [0.15, 0.2) is 12.2 Å². The maximum absolute atomic E-state index is 13.1. The van der Waals surface area contributed by atoms with E-state index in [1.165, 1.54) is 57.8 Å². The van der Waals surface area contributed by atoms with Crippen LogP contribution in [-0.4, -0.2) is 96.7 Å². The predicted octanol–water partition coefficient (Wildman–Crippen LogP) is 23.7. The van der Waals surface area contributed by atoms with Gasteiger partial charge in [-0.2, -0.15) is 0 Å². The number of phosphoric ester groups is 2. The minimum atomic E-state index is -5.00. The summed E-state index contributed by atoms with van der Waals surface area (Å²) < 4.78 is 68.6. The Morgan fingerprint density at radius 2 is 0.500 bits per heavy atom. The highest BCUT2D eigenvalue weighted by Crippen LogP contribution is 2.45. The molecule has 0 spiro atoms. The van der Waals surface area contributed by atoms with Crippen LogP contribution in [0.4, 0.5) is 0 Å². The normalized spacial score (nSPS) is 14.6. The highest BCUT2D eigenvalue weighted by atomic mass is 31.2. The minimum absolute atomic E-state index is 0.0574. The van der Waals surface area contributed by atoms with Crippen molar-refractivity contribution in [2.24, 2.45) is 0 Å². The summed E-state index contributed by atoms with van der Waals surface area (Å²) >= 11 is 0. The molecule has 104 heavy (non-hydrogen) atoms. The smallest absolute Gasteiger partial charge is 0.462 e. The molecule has 0 aliphatic heterocycles. The van der Waals surface area contributed by atoms with Crippen LogP contribution in [0.1, 0.15) is 323 Å².